The van der Waals surface area contributed by atoms with Gasteiger partial charge in [0.15, 0.2) is 23.8 Å². The summed E-state index contributed by atoms with van der Waals surface area (Å²) in [5, 5.41) is 26.2. The molecule has 20 heteroatoms. The van der Waals surface area contributed by atoms with Crippen molar-refractivity contribution in [1.82, 2.24) is 9.88 Å². The zero-order chi connectivity index (χ0) is 28.4. The third kappa shape index (κ3) is 5.08. The van der Waals surface area contributed by atoms with Crippen LogP contribution in [-0.4, -0.2) is 76.9 Å². The van der Waals surface area contributed by atoms with Gasteiger partial charge in [-0.25, -0.2) is 13.7 Å². The smallest absolute Gasteiger partial charge is 0.387 e. The number of carbonyl (C=O) groups excluding carboxylic acids is 1. The van der Waals surface area contributed by atoms with Gasteiger partial charge in [0.25, 0.3) is 5.79 Å². The molecule has 0 aromatic carbocycles. The van der Waals surface area contributed by atoms with Crippen molar-refractivity contribution in [3.63, 3.8) is 0 Å². The van der Waals surface area contributed by atoms with E-state index < -0.39 is 63.4 Å². The molecule has 4 rings (SSSR count). The van der Waals surface area contributed by atoms with Crippen molar-refractivity contribution in [3.05, 3.63) is 24.4 Å². The Morgan fingerprint density at radius 3 is 2.66 bits per heavy atom. The topological polar surface area (TPSA) is 271 Å². The van der Waals surface area contributed by atoms with Crippen molar-refractivity contribution in [2.75, 3.05) is 0 Å². The largest absolute Gasteiger partial charge is 0.484 e. The summed E-state index contributed by atoms with van der Waals surface area (Å²) in [6.07, 6.45) is -5.86. The highest BCUT2D eigenvalue weighted by atomic mass is 35.5. The zero-order valence-electron chi connectivity index (χ0n) is 19.2. The third-order valence-electron chi connectivity index (χ3n) is 5.87. The van der Waals surface area contributed by atoms with Crippen molar-refractivity contribution in [3.8, 4) is 11.3 Å². The fourth-order valence-electron chi connectivity index (χ4n) is 4.10. The monoisotopic (exact) mass is 597 g/mol. The number of ether oxygens (including phenoxy) is 2. The number of aliphatic imine (C=N–C) groups is 1. The molecule has 1 aromatic rings. The summed E-state index contributed by atoms with van der Waals surface area (Å²) < 4.78 is 43.2. The molecule has 38 heavy (non-hydrogen) atoms. The van der Waals surface area contributed by atoms with Gasteiger partial charge in [0.1, 0.15) is 18.0 Å². The first-order valence-corrected chi connectivity index (χ1v) is 13.8. The lowest BCUT2D eigenvalue weighted by Gasteiger charge is -2.29. The number of halogens is 1. The minimum absolute atomic E-state index is 0.0238. The molecule has 0 spiro atoms. The van der Waals surface area contributed by atoms with Gasteiger partial charge in [-0.15, -0.1) is 0 Å². The summed E-state index contributed by atoms with van der Waals surface area (Å²) in [5.74, 6) is -1.56. The number of rotatable bonds is 8. The number of nitrogens with one attached hydrogen (secondary N) is 1. The number of hydrogen-bond acceptors (Lipinski definition) is 13. The number of fused-ring (bicyclic) bond motifs is 1. The number of carbonyl (C=O) groups is 1. The molecule has 0 amide bonds. The number of aliphatic hydroxyl groups is 2. The van der Waals surface area contributed by atoms with Gasteiger partial charge in [0.05, 0.1) is 6.10 Å². The molecule has 1 aromatic heterocycles. The minimum Gasteiger partial charge on any atom is -0.387 e. The Labute approximate surface area is 218 Å². The molecule has 2 fully saturated rings. The molecule has 10 N–H and O–H groups in total. The first kappa shape index (κ1) is 28.9. The van der Waals surface area contributed by atoms with E-state index in [1.54, 1.807) is 6.07 Å². The second-order valence-electron chi connectivity index (χ2n) is 8.53. The van der Waals surface area contributed by atoms with Crippen LogP contribution in [0.4, 0.5) is 5.82 Å². The summed E-state index contributed by atoms with van der Waals surface area (Å²) >= 11 is 5.61. The average Bonchev–Trinajstić information content (AvgIpc) is 3.06. The number of aromatic nitrogens is 1. The lowest BCUT2D eigenvalue weighted by molar-refractivity contribution is -0.148. The van der Waals surface area contributed by atoms with E-state index in [4.69, 9.17) is 42.3 Å². The van der Waals surface area contributed by atoms with Crippen LogP contribution >= 0.6 is 27.2 Å². The number of ketones is 1. The number of phosphoric ester groups is 1. The number of Topliss-reactive ketones (excluding diaryl/α,β-unsaturated/α-hetero) is 1. The summed E-state index contributed by atoms with van der Waals surface area (Å²) in [6, 6.07) is 1.63. The lowest BCUT2D eigenvalue weighted by Crippen LogP contribution is -2.54. The van der Waals surface area contributed by atoms with Crippen molar-refractivity contribution in [1.29, 1.82) is 0 Å². The SMILES string of the molecule is C=C1NC(N)=Nc2c1ccn2[C@@H]1O[C@H]([C@H](C)OC2C(=O)C2(O)OP(=O)(O)OP(=O)(O)O)C(O)C1(N)C#CCl. The van der Waals surface area contributed by atoms with Crippen LogP contribution in [0.15, 0.2) is 23.8 Å². The maximum absolute atomic E-state index is 12.1. The standard InChI is InChI=1S/C18H22ClN5O12P2/c1-7-9-3-6-24(14(9)23-16(20)22-7)15-17(21,4-5-19)11(25)10(34-15)8(2)33-13-12(26)18(13,27)35-38(31,32)36-37(28,29)30/h3,6,8,10-11,13,15,25,27H,1,21H2,2H3,(H,31,32)(H3,20,22,23)(H2,28,29,30)/t8-,10+,11?,13?,15+,17?,18?/m0/s1. The molecule has 3 aliphatic rings. The quantitative estimate of drug-likeness (QED) is 0.0955. The molecule has 0 bridgehead atoms. The predicted molar refractivity (Wildman–Crippen MR) is 127 cm³/mol. The van der Waals surface area contributed by atoms with Gasteiger partial charge in [-0.3, -0.25) is 4.79 Å². The number of nitrogens with zero attached hydrogens (tertiary/aromatic N) is 2. The Morgan fingerprint density at radius 2 is 2.05 bits per heavy atom. The molecular formula is C18H22ClN5O12P2. The van der Waals surface area contributed by atoms with Crippen LogP contribution in [0.5, 0.6) is 0 Å². The molecule has 17 nitrogen and oxygen atoms in total. The Hall–Kier alpha value is -2.13. The van der Waals surface area contributed by atoms with Gasteiger partial charge in [-0.1, -0.05) is 12.5 Å². The average molecular weight is 598 g/mol. The van der Waals surface area contributed by atoms with Crippen molar-refractivity contribution in [2.45, 2.75) is 48.9 Å². The number of hydrogen-bond donors (Lipinski definition) is 8. The molecule has 1 aliphatic carbocycles. The molecule has 0 radical (unpaired) electrons. The first-order chi connectivity index (χ1) is 17.4. The third-order valence-corrected chi connectivity index (χ3v) is 8.15. The molecular weight excluding hydrogens is 576 g/mol. The van der Waals surface area contributed by atoms with E-state index >= 15 is 0 Å². The second kappa shape index (κ2) is 9.51. The highest BCUT2D eigenvalue weighted by molar-refractivity contribution is 7.60. The van der Waals surface area contributed by atoms with Gasteiger partial charge in [-0.2, -0.15) is 9.30 Å². The molecule has 208 valence electrons. The van der Waals surface area contributed by atoms with Gasteiger partial charge in [-0.05, 0) is 24.6 Å². The number of phosphoric acid groups is 2. The first-order valence-electron chi connectivity index (χ1n) is 10.4. The van der Waals surface area contributed by atoms with E-state index in [0.717, 1.165) is 0 Å². The number of aliphatic hydroxyl groups excluding tert-OH is 1. The second-order valence-corrected chi connectivity index (χ2v) is 11.5. The van der Waals surface area contributed by atoms with Gasteiger partial charge in [0, 0.05) is 22.8 Å². The molecule has 2 aliphatic heterocycles. The summed E-state index contributed by atoms with van der Waals surface area (Å²) in [4.78, 5) is 43.2. The van der Waals surface area contributed by atoms with Gasteiger partial charge < -0.3 is 55.7 Å². The van der Waals surface area contributed by atoms with Crippen LogP contribution in [0.3, 0.4) is 0 Å². The Bertz CT molecular complexity index is 1390. The van der Waals surface area contributed by atoms with Crippen LogP contribution in [0.25, 0.3) is 5.70 Å². The van der Waals surface area contributed by atoms with E-state index in [-0.39, 0.29) is 11.8 Å². The van der Waals surface area contributed by atoms with Gasteiger partial charge >= 0.3 is 15.6 Å². The Morgan fingerprint density at radius 1 is 1.39 bits per heavy atom. The van der Waals surface area contributed by atoms with Crippen LogP contribution < -0.4 is 16.8 Å². The van der Waals surface area contributed by atoms with E-state index in [1.165, 1.54) is 17.7 Å². The summed E-state index contributed by atoms with van der Waals surface area (Å²) in [5.41, 5.74) is 11.3. The van der Waals surface area contributed by atoms with Crippen LogP contribution in [-0.2, 0) is 32.2 Å². The van der Waals surface area contributed by atoms with Crippen molar-refractivity contribution < 1.29 is 57.1 Å². The summed E-state index contributed by atoms with van der Waals surface area (Å²) in [7, 11) is -11.1. The maximum atomic E-state index is 12.1. The normalized spacial score (nSPS) is 34.9. The highest BCUT2D eigenvalue weighted by Gasteiger charge is 2.72. The van der Waals surface area contributed by atoms with Crippen molar-refractivity contribution >= 4 is 50.5 Å². The lowest BCUT2D eigenvalue weighted by atomic mass is 9.90. The molecule has 1 saturated heterocycles. The van der Waals surface area contributed by atoms with Crippen LogP contribution in [0.1, 0.15) is 18.7 Å². The number of guanidine groups is 1. The van der Waals surface area contributed by atoms with E-state index in [0.29, 0.717) is 11.3 Å². The maximum Gasteiger partial charge on any atom is 0.484 e. The van der Waals surface area contributed by atoms with Crippen LogP contribution in [0.2, 0.25) is 0 Å². The Kier molecular flexibility index (Phi) is 7.22. The minimum atomic E-state index is -5.61. The zero-order valence-corrected chi connectivity index (χ0v) is 21.7. The highest BCUT2D eigenvalue weighted by Crippen LogP contribution is 2.61. The summed E-state index contributed by atoms with van der Waals surface area (Å²) in [6.45, 7) is 5.16. The molecule has 5 unspecified atom stereocenters. The Balaban J connectivity index is 1.56. The van der Waals surface area contributed by atoms with Crippen LogP contribution in [0, 0.1) is 11.3 Å². The fraction of sp³-hybridized carbons (Fsp3) is 0.444. The molecule has 3 heterocycles. The van der Waals surface area contributed by atoms with E-state index in [1.807, 2.05) is 0 Å². The molecule has 8 atom stereocenters. The number of nitrogens with two attached hydrogens (primary N) is 2. The fourth-order valence-corrected chi connectivity index (χ4v) is 6.01. The predicted octanol–water partition coefficient (Wildman–Crippen LogP) is -1.57. The van der Waals surface area contributed by atoms with E-state index in [9.17, 15) is 29.0 Å². The molecule has 1 saturated carbocycles. The van der Waals surface area contributed by atoms with Gasteiger partial charge in [0.2, 0.25) is 5.78 Å². The van der Waals surface area contributed by atoms with E-state index in [2.05, 4.69) is 37.0 Å². The van der Waals surface area contributed by atoms with Crippen molar-refractivity contribution in [2.24, 2.45) is 16.5 Å².